The van der Waals surface area contributed by atoms with Crippen LogP contribution in [0.5, 0.6) is 5.75 Å². The lowest BCUT2D eigenvalue weighted by Crippen LogP contribution is -2.57. The summed E-state index contributed by atoms with van der Waals surface area (Å²) in [5, 5.41) is 10.3. The van der Waals surface area contributed by atoms with Crippen molar-refractivity contribution in [2.45, 2.75) is 75.2 Å². The Bertz CT molecular complexity index is 1070. The number of rotatable bonds is 9. The Morgan fingerprint density at radius 2 is 1.54 bits per heavy atom. The molecule has 200 valence electrons. The molecule has 0 bridgehead atoms. The first-order chi connectivity index (χ1) is 17.8. The molecule has 4 rings (SSSR count). The third kappa shape index (κ3) is 5.69. The zero-order chi connectivity index (χ0) is 26.5. The summed E-state index contributed by atoms with van der Waals surface area (Å²) in [5.41, 5.74) is 0.588. The maximum Gasteiger partial charge on any atom is 0.338 e. The summed E-state index contributed by atoms with van der Waals surface area (Å²) >= 11 is 0. The highest BCUT2D eigenvalue weighted by molar-refractivity contribution is 5.90. The van der Waals surface area contributed by atoms with Gasteiger partial charge in [0.15, 0.2) is 0 Å². The van der Waals surface area contributed by atoms with Crippen molar-refractivity contribution in [3.05, 3.63) is 65.2 Å². The Morgan fingerprint density at radius 1 is 0.919 bits per heavy atom. The smallest absolute Gasteiger partial charge is 0.338 e. The Morgan fingerprint density at radius 3 is 2.11 bits per heavy atom. The van der Waals surface area contributed by atoms with Gasteiger partial charge in [0.25, 0.3) is 0 Å². The number of carbonyl (C=O) groups is 2. The lowest BCUT2D eigenvalue weighted by molar-refractivity contribution is -0.106. The van der Waals surface area contributed by atoms with E-state index in [0.717, 1.165) is 69.8 Å². The SMILES string of the molecule is COc1ccc(C(=O)O)c(C2(C(CN(C)C)C3(OC(=O)c4ccccc4)CCCCC3)CCCCC2)c1. The van der Waals surface area contributed by atoms with Crippen molar-refractivity contribution in [2.75, 3.05) is 27.7 Å². The number of carbonyl (C=O) groups excluding carboxylic acids is 1. The first-order valence-corrected chi connectivity index (χ1v) is 13.7. The third-order valence-electron chi connectivity index (χ3n) is 8.59. The third-order valence-corrected chi connectivity index (χ3v) is 8.59. The van der Waals surface area contributed by atoms with Gasteiger partial charge in [-0.3, -0.25) is 0 Å². The zero-order valence-corrected chi connectivity index (χ0v) is 22.5. The number of carboxylic acid groups (broad SMARTS) is 1. The molecule has 6 heteroatoms. The number of nitrogens with zero attached hydrogens (tertiary/aromatic N) is 1. The molecule has 0 aromatic heterocycles. The molecule has 0 saturated heterocycles. The van der Waals surface area contributed by atoms with Crippen LogP contribution in [0.15, 0.2) is 48.5 Å². The number of esters is 1. The van der Waals surface area contributed by atoms with E-state index in [0.29, 0.717) is 23.4 Å². The standard InChI is InChI=1S/C31H41NO5/c1-32(2)22-27(31(19-11-6-12-20-31)37-29(35)23-13-7-4-8-14-23)30(17-9-5-10-18-30)26-21-24(36-3)15-16-25(26)28(33)34/h4,7-8,13-16,21,27H,5-6,9-12,17-20,22H2,1-3H3,(H,33,34). The maximum atomic E-state index is 13.6. The predicted octanol–water partition coefficient (Wildman–Crippen LogP) is 6.33. The van der Waals surface area contributed by atoms with Gasteiger partial charge < -0.3 is 19.5 Å². The van der Waals surface area contributed by atoms with Gasteiger partial charge >= 0.3 is 11.9 Å². The summed E-state index contributed by atoms with van der Waals surface area (Å²) in [7, 11) is 5.74. The van der Waals surface area contributed by atoms with E-state index < -0.39 is 17.0 Å². The topological polar surface area (TPSA) is 76.1 Å². The molecule has 1 N–H and O–H groups in total. The molecule has 1 unspecified atom stereocenters. The van der Waals surface area contributed by atoms with Crippen molar-refractivity contribution >= 4 is 11.9 Å². The molecule has 0 heterocycles. The number of methoxy groups -OCH3 is 1. The molecular weight excluding hydrogens is 466 g/mol. The van der Waals surface area contributed by atoms with E-state index in [1.54, 1.807) is 31.4 Å². The number of benzene rings is 2. The van der Waals surface area contributed by atoms with Crippen LogP contribution < -0.4 is 4.74 Å². The van der Waals surface area contributed by atoms with E-state index in [2.05, 4.69) is 19.0 Å². The minimum absolute atomic E-state index is 0.0616. The Kier molecular flexibility index (Phi) is 8.58. The normalized spacial score (nSPS) is 19.7. The summed E-state index contributed by atoms with van der Waals surface area (Å²) in [6.45, 7) is 0.707. The lowest BCUT2D eigenvalue weighted by atomic mass is 9.54. The molecular formula is C31H41NO5. The number of carboxylic acids is 1. The monoisotopic (exact) mass is 507 g/mol. The van der Waals surface area contributed by atoms with Gasteiger partial charge in [0.1, 0.15) is 11.4 Å². The van der Waals surface area contributed by atoms with E-state index in [9.17, 15) is 14.7 Å². The fourth-order valence-electron chi connectivity index (χ4n) is 6.94. The van der Waals surface area contributed by atoms with Gasteiger partial charge in [0.05, 0.1) is 18.2 Å². The average molecular weight is 508 g/mol. The first kappa shape index (κ1) is 27.2. The minimum atomic E-state index is -0.926. The van der Waals surface area contributed by atoms with Gasteiger partial charge in [-0.05, 0) is 88.5 Å². The molecule has 2 aromatic rings. The fraction of sp³-hybridized carbons (Fsp3) is 0.548. The second-order valence-corrected chi connectivity index (χ2v) is 11.1. The summed E-state index contributed by atoms with van der Waals surface area (Å²) in [4.78, 5) is 28.3. The number of ether oxygens (including phenoxy) is 2. The summed E-state index contributed by atoms with van der Waals surface area (Å²) in [6, 6.07) is 14.6. The molecule has 6 nitrogen and oxygen atoms in total. The number of aromatic carboxylic acids is 1. The molecule has 2 aliphatic rings. The van der Waals surface area contributed by atoms with Crippen LogP contribution in [0, 0.1) is 5.92 Å². The van der Waals surface area contributed by atoms with Crippen LogP contribution >= 0.6 is 0 Å². The van der Waals surface area contributed by atoms with Crippen LogP contribution in [0.4, 0.5) is 0 Å². The zero-order valence-electron chi connectivity index (χ0n) is 22.5. The highest BCUT2D eigenvalue weighted by Gasteiger charge is 2.55. The molecule has 0 amide bonds. The molecule has 1 atom stereocenters. The van der Waals surface area contributed by atoms with Crippen LogP contribution in [0.25, 0.3) is 0 Å². The van der Waals surface area contributed by atoms with Crippen LogP contribution in [-0.4, -0.2) is 55.3 Å². The van der Waals surface area contributed by atoms with Crippen LogP contribution in [0.2, 0.25) is 0 Å². The van der Waals surface area contributed by atoms with Gasteiger partial charge in [-0.25, -0.2) is 9.59 Å². The van der Waals surface area contributed by atoms with Crippen LogP contribution in [0.1, 0.15) is 90.5 Å². The van der Waals surface area contributed by atoms with Crippen molar-refractivity contribution < 1.29 is 24.2 Å². The van der Waals surface area contributed by atoms with Gasteiger partial charge in [0, 0.05) is 17.9 Å². The Labute approximate surface area is 221 Å². The molecule has 37 heavy (non-hydrogen) atoms. The van der Waals surface area contributed by atoms with Gasteiger partial charge in [-0.1, -0.05) is 43.9 Å². The summed E-state index contributed by atoms with van der Waals surface area (Å²) in [5.74, 6) is -0.618. The highest BCUT2D eigenvalue weighted by Crippen LogP contribution is 2.55. The van der Waals surface area contributed by atoms with E-state index >= 15 is 0 Å². The van der Waals surface area contributed by atoms with E-state index in [-0.39, 0.29) is 11.9 Å². The van der Waals surface area contributed by atoms with Crippen molar-refractivity contribution in [1.82, 2.24) is 4.90 Å². The highest BCUT2D eigenvalue weighted by atomic mass is 16.6. The number of hydrogen-bond acceptors (Lipinski definition) is 5. The quantitative estimate of drug-likeness (QED) is 0.400. The van der Waals surface area contributed by atoms with Gasteiger partial charge in [-0.15, -0.1) is 0 Å². The Hall–Kier alpha value is -2.86. The summed E-state index contributed by atoms with van der Waals surface area (Å²) in [6.07, 6.45) is 9.57. The Balaban J connectivity index is 1.90. The minimum Gasteiger partial charge on any atom is -0.497 e. The van der Waals surface area contributed by atoms with Crippen molar-refractivity contribution in [2.24, 2.45) is 5.92 Å². The van der Waals surface area contributed by atoms with Crippen LogP contribution in [-0.2, 0) is 10.2 Å². The predicted molar refractivity (Wildman–Crippen MR) is 144 cm³/mol. The van der Waals surface area contributed by atoms with E-state index in [1.165, 1.54) is 0 Å². The molecule has 2 saturated carbocycles. The van der Waals surface area contributed by atoms with E-state index in [1.807, 2.05) is 24.3 Å². The molecule has 0 spiro atoms. The second kappa shape index (κ2) is 11.7. The van der Waals surface area contributed by atoms with E-state index in [4.69, 9.17) is 9.47 Å². The average Bonchev–Trinajstić information content (AvgIpc) is 2.92. The van der Waals surface area contributed by atoms with Gasteiger partial charge in [-0.2, -0.15) is 0 Å². The molecule has 2 fully saturated rings. The maximum absolute atomic E-state index is 13.6. The lowest BCUT2D eigenvalue weighted by Gasteiger charge is -2.54. The van der Waals surface area contributed by atoms with Crippen molar-refractivity contribution in [3.63, 3.8) is 0 Å². The van der Waals surface area contributed by atoms with Crippen molar-refractivity contribution in [1.29, 1.82) is 0 Å². The van der Waals surface area contributed by atoms with Crippen LogP contribution in [0.3, 0.4) is 0 Å². The largest absolute Gasteiger partial charge is 0.497 e. The van der Waals surface area contributed by atoms with Gasteiger partial charge in [0.2, 0.25) is 0 Å². The number of hydrogen-bond donors (Lipinski definition) is 1. The second-order valence-electron chi connectivity index (χ2n) is 11.1. The molecule has 0 aliphatic heterocycles. The fourth-order valence-corrected chi connectivity index (χ4v) is 6.94. The first-order valence-electron chi connectivity index (χ1n) is 13.7. The van der Waals surface area contributed by atoms with Crippen molar-refractivity contribution in [3.8, 4) is 5.75 Å². The summed E-state index contributed by atoms with van der Waals surface area (Å²) < 4.78 is 12.2. The molecule has 0 radical (unpaired) electrons. The molecule has 2 aromatic carbocycles. The molecule has 2 aliphatic carbocycles.